The quantitative estimate of drug-likeness (QED) is 0.253. The van der Waals surface area contributed by atoms with Gasteiger partial charge in [0.15, 0.2) is 5.65 Å². The molecule has 11 heteroatoms. The van der Waals surface area contributed by atoms with Crippen LogP contribution in [0, 0.1) is 5.82 Å². The molecule has 1 fully saturated rings. The predicted molar refractivity (Wildman–Crippen MR) is 161 cm³/mol. The SMILES string of the molecule is [B]c1cccc(CNC(=O)c2cccc(C(=O)NCc3c(CC)nc4c(cnn4CC)c3NC3CCOCC3)c2)c1F. The smallest absolute Gasteiger partial charge is 0.251 e. The number of carbonyl (C=O) groups excluding carboxylic acids is 2. The number of nitrogens with one attached hydrogen (secondary N) is 3. The van der Waals surface area contributed by atoms with Crippen LogP contribution < -0.4 is 21.4 Å². The van der Waals surface area contributed by atoms with Gasteiger partial charge in [0, 0.05) is 66.8 Å². The van der Waals surface area contributed by atoms with Crippen LogP contribution in [0.3, 0.4) is 0 Å². The Balaban J connectivity index is 1.34. The topological polar surface area (TPSA) is 110 Å². The largest absolute Gasteiger partial charge is 0.381 e. The summed E-state index contributed by atoms with van der Waals surface area (Å²) in [6, 6.07) is 11.3. The number of pyridine rings is 1. The number of nitrogens with zero attached hydrogens (tertiary/aromatic N) is 3. The summed E-state index contributed by atoms with van der Waals surface area (Å²) in [5, 5.41) is 14.9. The molecule has 2 aromatic carbocycles. The van der Waals surface area contributed by atoms with Gasteiger partial charge in [0.25, 0.3) is 11.8 Å². The minimum Gasteiger partial charge on any atom is -0.381 e. The highest BCUT2D eigenvalue weighted by Crippen LogP contribution is 2.31. The molecule has 3 N–H and O–H groups in total. The van der Waals surface area contributed by atoms with Gasteiger partial charge in [0.05, 0.1) is 17.3 Å². The molecule has 0 unspecified atom stereocenters. The molecule has 0 bridgehead atoms. The molecule has 0 spiro atoms. The number of aryl methyl sites for hydroxylation is 2. The second-order valence-electron chi connectivity index (χ2n) is 10.3. The fourth-order valence-electron chi connectivity index (χ4n) is 5.19. The highest BCUT2D eigenvalue weighted by molar-refractivity contribution is 6.32. The molecule has 2 amide bonds. The first kappa shape index (κ1) is 29.3. The van der Waals surface area contributed by atoms with E-state index >= 15 is 0 Å². The van der Waals surface area contributed by atoms with Crippen LogP contribution in [-0.4, -0.2) is 53.7 Å². The van der Waals surface area contributed by atoms with Crippen LogP contribution in [0.25, 0.3) is 11.0 Å². The van der Waals surface area contributed by atoms with Gasteiger partial charge in [-0.2, -0.15) is 5.10 Å². The van der Waals surface area contributed by atoms with Crippen LogP contribution >= 0.6 is 0 Å². The van der Waals surface area contributed by atoms with Gasteiger partial charge < -0.3 is 20.7 Å². The molecule has 1 aliphatic heterocycles. The van der Waals surface area contributed by atoms with E-state index in [4.69, 9.17) is 17.6 Å². The number of hydrogen-bond acceptors (Lipinski definition) is 6. The summed E-state index contributed by atoms with van der Waals surface area (Å²) >= 11 is 0. The minimum atomic E-state index is -0.558. The summed E-state index contributed by atoms with van der Waals surface area (Å²) in [7, 11) is 5.62. The molecule has 1 saturated heterocycles. The number of aromatic nitrogens is 3. The number of halogens is 1. The summed E-state index contributed by atoms with van der Waals surface area (Å²) in [6.45, 7) is 6.39. The normalized spacial score (nSPS) is 13.7. The van der Waals surface area contributed by atoms with E-state index in [0.717, 1.165) is 40.8 Å². The average molecular weight is 568 g/mol. The number of rotatable bonds is 10. The molecule has 0 atom stereocenters. The first-order valence-electron chi connectivity index (χ1n) is 14.3. The van der Waals surface area contributed by atoms with Gasteiger partial charge in [-0.3, -0.25) is 9.59 Å². The Morgan fingerprint density at radius 3 is 2.43 bits per heavy atom. The molecule has 1 aliphatic rings. The molecule has 0 aliphatic carbocycles. The lowest BCUT2D eigenvalue weighted by Crippen LogP contribution is -2.30. The first-order chi connectivity index (χ1) is 20.4. The van der Waals surface area contributed by atoms with E-state index in [1.54, 1.807) is 30.3 Å². The van der Waals surface area contributed by atoms with E-state index in [2.05, 4.69) is 21.0 Å². The minimum absolute atomic E-state index is 0.0197. The monoisotopic (exact) mass is 568 g/mol. The Morgan fingerprint density at radius 1 is 1.05 bits per heavy atom. The Labute approximate surface area is 245 Å². The highest BCUT2D eigenvalue weighted by atomic mass is 19.1. The van der Waals surface area contributed by atoms with Crippen molar-refractivity contribution in [2.24, 2.45) is 0 Å². The highest BCUT2D eigenvalue weighted by Gasteiger charge is 2.22. The van der Waals surface area contributed by atoms with Crippen molar-refractivity contribution in [2.75, 3.05) is 18.5 Å². The van der Waals surface area contributed by atoms with Crippen LogP contribution in [0.4, 0.5) is 10.1 Å². The summed E-state index contributed by atoms with van der Waals surface area (Å²) < 4.78 is 21.6. The zero-order chi connectivity index (χ0) is 29.6. The molecule has 2 radical (unpaired) electrons. The van der Waals surface area contributed by atoms with Gasteiger partial charge in [-0.15, -0.1) is 0 Å². The Morgan fingerprint density at radius 2 is 1.74 bits per heavy atom. The van der Waals surface area contributed by atoms with E-state index in [0.29, 0.717) is 31.7 Å². The summed E-state index contributed by atoms with van der Waals surface area (Å²) in [5.74, 6) is -1.31. The first-order valence-corrected chi connectivity index (χ1v) is 14.3. The molecule has 5 rings (SSSR count). The van der Waals surface area contributed by atoms with E-state index in [9.17, 15) is 14.0 Å². The predicted octanol–water partition coefficient (Wildman–Crippen LogP) is 3.40. The number of hydrogen-bond donors (Lipinski definition) is 3. The Bertz CT molecular complexity index is 1600. The Hall–Kier alpha value is -4.25. The van der Waals surface area contributed by atoms with E-state index in [1.807, 2.05) is 24.7 Å². The second kappa shape index (κ2) is 13.2. The maximum Gasteiger partial charge on any atom is 0.251 e. The van der Waals surface area contributed by atoms with Crippen molar-refractivity contribution >= 4 is 41.8 Å². The third-order valence-electron chi connectivity index (χ3n) is 7.54. The second-order valence-corrected chi connectivity index (χ2v) is 10.3. The molecule has 4 aromatic rings. The molecule has 216 valence electrons. The van der Waals surface area contributed by atoms with Crippen molar-refractivity contribution < 1.29 is 18.7 Å². The number of fused-ring (bicyclic) bond motifs is 1. The Kier molecular flexibility index (Phi) is 9.17. The lowest BCUT2D eigenvalue weighted by molar-refractivity contribution is 0.0904. The van der Waals surface area contributed by atoms with Crippen molar-refractivity contribution in [1.82, 2.24) is 25.4 Å². The van der Waals surface area contributed by atoms with Crippen LogP contribution in [0.15, 0.2) is 48.7 Å². The lowest BCUT2D eigenvalue weighted by atomic mass is 9.93. The molecular weight excluding hydrogens is 534 g/mol. The summed E-state index contributed by atoms with van der Waals surface area (Å²) in [6.07, 6.45) is 4.29. The number of ether oxygens (including phenoxy) is 1. The number of amides is 2. The molecular formula is C31H34BFN6O3. The third kappa shape index (κ3) is 6.31. The summed E-state index contributed by atoms with van der Waals surface area (Å²) in [4.78, 5) is 31.0. The molecule has 3 heterocycles. The van der Waals surface area contributed by atoms with Crippen LogP contribution in [0.1, 0.15) is 64.2 Å². The van der Waals surface area contributed by atoms with Gasteiger partial charge in [0.2, 0.25) is 0 Å². The number of benzene rings is 2. The molecule has 42 heavy (non-hydrogen) atoms. The van der Waals surface area contributed by atoms with Gasteiger partial charge in [-0.05, 0) is 44.4 Å². The fraction of sp³-hybridized carbons (Fsp3) is 0.355. The van der Waals surface area contributed by atoms with Crippen molar-refractivity contribution in [3.8, 4) is 0 Å². The maximum absolute atomic E-state index is 14.2. The van der Waals surface area contributed by atoms with Crippen molar-refractivity contribution in [2.45, 2.75) is 58.8 Å². The molecule has 9 nitrogen and oxygen atoms in total. The van der Waals surface area contributed by atoms with E-state index in [-0.39, 0.29) is 41.6 Å². The number of carbonyl (C=O) groups is 2. The van der Waals surface area contributed by atoms with Gasteiger partial charge in [-0.1, -0.05) is 36.7 Å². The van der Waals surface area contributed by atoms with E-state index < -0.39 is 11.7 Å². The van der Waals surface area contributed by atoms with Gasteiger partial charge >= 0.3 is 0 Å². The maximum atomic E-state index is 14.2. The van der Waals surface area contributed by atoms with E-state index in [1.165, 1.54) is 12.1 Å². The fourth-order valence-corrected chi connectivity index (χ4v) is 5.19. The lowest BCUT2D eigenvalue weighted by Gasteiger charge is -2.26. The van der Waals surface area contributed by atoms with Crippen molar-refractivity contribution in [3.05, 3.63) is 82.4 Å². The van der Waals surface area contributed by atoms with Crippen LogP contribution in [0.5, 0.6) is 0 Å². The zero-order valence-electron chi connectivity index (χ0n) is 23.9. The molecule has 2 aromatic heterocycles. The molecule has 0 saturated carbocycles. The van der Waals surface area contributed by atoms with Crippen LogP contribution in [-0.2, 0) is 30.8 Å². The number of anilines is 1. The zero-order valence-corrected chi connectivity index (χ0v) is 23.9. The average Bonchev–Trinajstić information content (AvgIpc) is 3.44. The van der Waals surface area contributed by atoms with Gasteiger partial charge in [-0.25, -0.2) is 14.1 Å². The standard InChI is InChI=1S/C31H34BFN6O3/c1-3-26-23(28(37-22-11-13-42-14-12-22)24-18-36-39(4-2)29(24)38-26)17-35-31(41)20-8-5-7-19(15-20)30(40)34-16-21-9-6-10-25(32)27(21)33/h5-10,15,18,22H,3-4,11-14,16-17H2,1-2H3,(H,34,40)(H,35,41)(H,37,38). The van der Waals surface area contributed by atoms with Gasteiger partial charge in [0.1, 0.15) is 13.7 Å². The third-order valence-corrected chi connectivity index (χ3v) is 7.54. The van der Waals surface area contributed by atoms with Crippen molar-refractivity contribution in [1.29, 1.82) is 0 Å². The van der Waals surface area contributed by atoms with Crippen molar-refractivity contribution in [3.63, 3.8) is 0 Å². The summed E-state index contributed by atoms with van der Waals surface area (Å²) in [5.41, 5.74) is 4.48. The van der Waals surface area contributed by atoms with Crippen LogP contribution in [0.2, 0.25) is 0 Å².